The van der Waals surface area contributed by atoms with Gasteiger partial charge >= 0.3 is 0 Å². The van der Waals surface area contributed by atoms with Crippen LogP contribution in [0.1, 0.15) is 94.1 Å². The van der Waals surface area contributed by atoms with Crippen LogP contribution in [-0.4, -0.2) is 0 Å². The highest BCUT2D eigenvalue weighted by atomic mass is 32.1. The zero-order valence-corrected chi connectivity index (χ0v) is 27.4. The molecular weight excluding hydrogens is 561 g/mol. The third-order valence-electron chi connectivity index (χ3n) is 7.73. The van der Waals surface area contributed by atoms with E-state index >= 15 is 0 Å². The molecule has 1 saturated carbocycles. The van der Waals surface area contributed by atoms with Gasteiger partial charge in [0.05, 0.1) is 0 Å². The van der Waals surface area contributed by atoms with Crippen molar-refractivity contribution in [3.05, 3.63) is 89.4 Å². The molecule has 5 radical (unpaired) electrons. The number of aryl methyl sites for hydroxylation is 3. The molecule has 1 fully saturated rings. The van der Waals surface area contributed by atoms with Gasteiger partial charge < -0.3 is 0 Å². The van der Waals surface area contributed by atoms with Crippen LogP contribution < -0.4 is 0 Å². The minimum absolute atomic E-state index is 1.18. The van der Waals surface area contributed by atoms with Gasteiger partial charge in [-0.15, -0.1) is 45.3 Å². The van der Waals surface area contributed by atoms with Crippen LogP contribution in [0.5, 0.6) is 0 Å². The summed E-state index contributed by atoms with van der Waals surface area (Å²) < 4.78 is 0. The molecule has 0 N–H and O–H groups in total. The van der Waals surface area contributed by atoms with Crippen LogP contribution in [0.2, 0.25) is 0 Å². The van der Waals surface area contributed by atoms with Crippen LogP contribution >= 0.6 is 45.3 Å². The van der Waals surface area contributed by atoms with Crippen LogP contribution in [0, 0.1) is 31.6 Å². The molecule has 0 spiro atoms. The first-order valence-corrected chi connectivity index (χ1v) is 18.7. The van der Waals surface area contributed by atoms with Crippen molar-refractivity contribution in [2.24, 2.45) is 0 Å². The first-order valence-electron chi connectivity index (χ1n) is 15.3. The zero-order chi connectivity index (χ0) is 27.6. The molecule has 4 heteroatoms. The Labute approximate surface area is 259 Å². The lowest BCUT2D eigenvalue weighted by molar-refractivity contribution is 0.667. The highest BCUT2D eigenvalue weighted by Gasteiger charge is 2.18. The fraction of sp³-hybridized carbons (Fsp3) is 0.417. The average molecular weight is 604 g/mol. The standard InChI is InChI=1S/C36H43S4/c1-3-5-7-9-17-28-24-25-37-35(28)33-22-20-31(39-33)32-21-23-34(40-32)36-29(18-10-8-6-4-2)26-30(38-36)19-13-16-27-14-11-12-15-27/h11-12,14-15,20-26H,3-10,13,16-19H2,1-2H3. The minimum atomic E-state index is 1.18. The smallest absolute Gasteiger partial charge is 0.0477 e. The van der Waals surface area contributed by atoms with Crippen LogP contribution in [0.25, 0.3) is 29.3 Å². The topological polar surface area (TPSA) is 0 Å². The van der Waals surface area contributed by atoms with E-state index in [1.165, 1.54) is 119 Å². The van der Waals surface area contributed by atoms with Crippen molar-refractivity contribution in [2.75, 3.05) is 0 Å². The zero-order valence-electron chi connectivity index (χ0n) is 24.2. The molecule has 1 aliphatic carbocycles. The monoisotopic (exact) mass is 603 g/mol. The fourth-order valence-electron chi connectivity index (χ4n) is 5.47. The van der Waals surface area contributed by atoms with Gasteiger partial charge in [0.25, 0.3) is 0 Å². The van der Waals surface area contributed by atoms with Gasteiger partial charge in [0.2, 0.25) is 0 Å². The summed E-state index contributed by atoms with van der Waals surface area (Å²) in [5.74, 6) is 1.47. The Bertz CT molecular complexity index is 1280. The lowest BCUT2D eigenvalue weighted by atomic mass is 10.00. The predicted octanol–water partition coefficient (Wildman–Crippen LogP) is 12.9. The quantitative estimate of drug-likeness (QED) is 0.105. The molecule has 4 heterocycles. The number of rotatable bonds is 17. The van der Waals surface area contributed by atoms with E-state index in [2.05, 4.69) is 92.6 Å². The van der Waals surface area contributed by atoms with Crippen molar-refractivity contribution in [3.8, 4) is 29.3 Å². The van der Waals surface area contributed by atoms with Crippen molar-refractivity contribution in [1.82, 2.24) is 0 Å². The first kappa shape index (κ1) is 30.3. The molecule has 1 aliphatic rings. The van der Waals surface area contributed by atoms with E-state index in [1.54, 1.807) is 16.0 Å². The van der Waals surface area contributed by atoms with Crippen molar-refractivity contribution in [1.29, 1.82) is 0 Å². The van der Waals surface area contributed by atoms with E-state index in [1.807, 2.05) is 34.0 Å². The Morgan fingerprint density at radius 1 is 0.525 bits per heavy atom. The molecule has 0 amide bonds. The summed E-state index contributed by atoms with van der Waals surface area (Å²) in [6.45, 7) is 4.59. The van der Waals surface area contributed by atoms with E-state index in [0.29, 0.717) is 0 Å². The summed E-state index contributed by atoms with van der Waals surface area (Å²) in [6, 6.07) is 14.4. The van der Waals surface area contributed by atoms with Gasteiger partial charge in [-0.2, -0.15) is 0 Å². The van der Waals surface area contributed by atoms with Gasteiger partial charge in [0.1, 0.15) is 0 Å². The summed E-state index contributed by atoms with van der Waals surface area (Å²) in [4.78, 5) is 10.3. The summed E-state index contributed by atoms with van der Waals surface area (Å²) in [6.07, 6.45) is 25.5. The molecule has 0 aromatic carbocycles. The van der Waals surface area contributed by atoms with Crippen molar-refractivity contribution in [3.63, 3.8) is 0 Å². The van der Waals surface area contributed by atoms with E-state index in [0.717, 1.165) is 0 Å². The van der Waals surface area contributed by atoms with Gasteiger partial charge in [0, 0.05) is 34.1 Å². The molecule has 211 valence electrons. The van der Waals surface area contributed by atoms with Crippen molar-refractivity contribution >= 4 is 45.3 Å². The maximum atomic E-state index is 2.54. The largest absolute Gasteiger partial charge is 0.143 e. The molecule has 0 aliphatic heterocycles. The lowest BCUT2D eigenvalue weighted by Gasteiger charge is -2.05. The second-order valence-electron chi connectivity index (χ2n) is 10.9. The summed E-state index contributed by atoms with van der Waals surface area (Å²) in [7, 11) is 0. The molecule has 4 aromatic rings. The Morgan fingerprint density at radius 3 is 1.82 bits per heavy atom. The SMILES string of the molecule is CCCCCCc1ccsc1-c1ccc(-c2ccc(-c3sc(CCC[C]4[CH][CH][CH][CH]4)cc3CCCCCC)s2)s1. The fourth-order valence-corrected chi connectivity index (χ4v) is 10.1. The molecular formula is C36H43S4. The van der Waals surface area contributed by atoms with Crippen LogP contribution in [-0.2, 0) is 19.3 Å². The summed E-state index contributed by atoms with van der Waals surface area (Å²) in [5.41, 5.74) is 3.12. The van der Waals surface area contributed by atoms with E-state index in [-0.39, 0.29) is 0 Å². The molecule has 0 atom stereocenters. The van der Waals surface area contributed by atoms with E-state index in [9.17, 15) is 0 Å². The van der Waals surface area contributed by atoms with Gasteiger partial charge in [-0.3, -0.25) is 0 Å². The average Bonchev–Trinajstić information content (AvgIpc) is 3.78. The number of hydrogen-bond acceptors (Lipinski definition) is 4. The summed E-state index contributed by atoms with van der Waals surface area (Å²) >= 11 is 7.93. The molecule has 5 rings (SSSR count). The van der Waals surface area contributed by atoms with Gasteiger partial charge in [0.15, 0.2) is 0 Å². The second kappa shape index (κ2) is 15.9. The van der Waals surface area contributed by atoms with Gasteiger partial charge in [-0.25, -0.2) is 0 Å². The highest BCUT2D eigenvalue weighted by Crippen LogP contribution is 2.45. The number of unbranched alkanes of at least 4 members (excludes halogenated alkanes) is 6. The highest BCUT2D eigenvalue weighted by molar-refractivity contribution is 7.28. The third-order valence-corrected chi connectivity index (χ3v) is 12.6. The minimum Gasteiger partial charge on any atom is -0.143 e. The third kappa shape index (κ3) is 8.21. The Morgan fingerprint density at radius 2 is 1.15 bits per heavy atom. The molecule has 0 nitrogen and oxygen atoms in total. The van der Waals surface area contributed by atoms with Gasteiger partial charge in [-0.1, -0.05) is 52.4 Å². The Balaban J connectivity index is 1.28. The predicted molar refractivity (Wildman–Crippen MR) is 183 cm³/mol. The second-order valence-corrected chi connectivity index (χ2v) is 15.2. The van der Waals surface area contributed by atoms with Gasteiger partial charge in [-0.05, 0) is 129 Å². The first-order chi connectivity index (χ1) is 19.7. The molecule has 0 bridgehead atoms. The number of thiophene rings is 4. The van der Waals surface area contributed by atoms with Crippen LogP contribution in [0.4, 0.5) is 0 Å². The van der Waals surface area contributed by atoms with E-state index in [4.69, 9.17) is 0 Å². The van der Waals surface area contributed by atoms with Crippen LogP contribution in [0.3, 0.4) is 0 Å². The molecule has 40 heavy (non-hydrogen) atoms. The van der Waals surface area contributed by atoms with E-state index < -0.39 is 0 Å². The summed E-state index contributed by atoms with van der Waals surface area (Å²) in [5, 5.41) is 2.28. The maximum Gasteiger partial charge on any atom is 0.0477 e. The van der Waals surface area contributed by atoms with Crippen LogP contribution in [0.15, 0.2) is 41.8 Å². The Hall–Kier alpha value is -1.20. The lowest BCUT2D eigenvalue weighted by Crippen LogP contribution is -1.92. The maximum absolute atomic E-state index is 2.54. The normalized spacial score (nSPS) is 14.1. The Kier molecular flexibility index (Phi) is 12.0. The molecule has 0 saturated heterocycles. The van der Waals surface area contributed by atoms with Crippen molar-refractivity contribution < 1.29 is 0 Å². The molecule has 0 unspecified atom stereocenters. The molecule has 4 aromatic heterocycles. The van der Waals surface area contributed by atoms with Crippen molar-refractivity contribution in [2.45, 2.75) is 97.3 Å². The number of hydrogen-bond donors (Lipinski definition) is 0.